The van der Waals surface area contributed by atoms with Gasteiger partial charge in [-0.25, -0.2) is 0 Å². The maximum atomic E-state index is 5.93. The number of nitrogens with zero attached hydrogens (tertiary/aromatic N) is 1. The smallest absolute Gasteiger partial charge is 0.0965 e. The van der Waals surface area contributed by atoms with Gasteiger partial charge in [0.15, 0.2) is 0 Å². The highest BCUT2D eigenvalue weighted by molar-refractivity contribution is 5.12. The first kappa shape index (κ1) is 13.1. The number of rotatable bonds is 6. The first-order valence-electron chi connectivity index (χ1n) is 5.89. The van der Waals surface area contributed by atoms with Crippen LogP contribution in [0.5, 0.6) is 0 Å². The van der Waals surface area contributed by atoms with Crippen molar-refractivity contribution >= 4 is 0 Å². The van der Waals surface area contributed by atoms with Gasteiger partial charge in [0, 0.05) is 24.5 Å². The molecule has 90 valence electrons. The van der Waals surface area contributed by atoms with E-state index in [1.54, 1.807) is 6.20 Å². The van der Waals surface area contributed by atoms with Gasteiger partial charge in [0.2, 0.25) is 0 Å². The summed E-state index contributed by atoms with van der Waals surface area (Å²) < 4.78 is 5.93. The number of hydrogen-bond acceptors (Lipinski definition) is 3. The molecule has 0 fully saturated rings. The van der Waals surface area contributed by atoms with Crippen LogP contribution in [0.1, 0.15) is 38.9 Å². The van der Waals surface area contributed by atoms with Crippen LogP contribution in [0.25, 0.3) is 0 Å². The van der Waals surface area contributed by atoms with E-state index in [9.17, 15) is 0 Å². The minimum Gasteiger partial charge on any atom is -0.369 e. The molecule has 2 unspecified atom stereocenters. The van der Waals surface area contributed by atoms with Gasteiger partial charge in [-0.3, -0.25) is 4.98 Å². The molecule has 1 aromatic heterocycles. The van der Waals surface area contributed by atoms with Crippen molar-refractivity contribution in [1.29, 1.82) is 0 Å². The Kier molecular flexibility index (Phi) is 5.43. The second kappa shape index (κ2) is 6.61. The zero-order chi connectivity index (χ0) is 12.0. The van der Waals surface area contributed by atoms with Crippen LogP contribution >= 0.6 is 0 Å². The topological polar surface area (TPSA) is 48.1 Å². The molecule has 0 spiro atoms. The number of ether oxygens (including phenoxy) is 1. The Labute approximate surface area is 98.0 Å². The van der Waals surface area contributed by atoms with Crippen molar-refractivity contribution < 1.29 is 4.74 Å². The van der Waals surface area contributed by atoms with E-state index in [-0.39, 0.29) is 12.2 Å². The van der Waals surface area contributed by atoms with Crippen LogP contribution in [0, 0.1) is 5.92 Å². The van der Waals surface area contributed by atoms with Gasteiger partial charge in [-0.05, 0) is 25.3 Å². The molecular weight excluding hydrogens is 200 g/mol. The molecule has 0 bridgehead atoms. The summed E-state index contributed by atoms with van der Waals surface area (Å²) in [7, 11) is 0. The van der Waals surface area contributed by atoms with Crippen LogP contribution in [-0.2, 0) is 4.74 Å². The zero-order valence-electron chi connectivity index (χ0n) is 10.4. The molecular formula is C13H22N2O. The molecule has 3 nitrogen and oxygen atoms in total. The number of nitrogens with two attached hydrogens (primary N) is 1. The van der Waals surface area contributed by atoms with E-state index < -0.39 is 0 Å². The molecule has 1 heterocycles. The minimum atomic E-state index is -0.0394. The number of aromatic nitrogens is 1. The van der Waals surface area contributed by atoms with Gasteiger partial charge in [0.05, 0.1) is 12.2 Å². The summed E-state index contributed by atoms with van der Waals surface area (Å²) >= 11 is 0. The van der Waals surface area contributed by atoms with E-state index in [0.29, 0.717) is 12.5 Å². The van der Waals surface area contributed by atoms with Gasteiger partial charge in [-0.15, -0.1) is 0 Å². The average molecular weight is 222 g/mol. The first-order chi connectivity index (χ1) is 7.63. The summed E-state index contributed by atoms with van der Waals surface area (Å²) in [6.07, 6.45) is 4.82. The Bertz CT molecular complexity index is 287. The Balaban J connectivity index is 2.56. The third-order valence-electron chi connectivity index (χ3n) is 2.47. The highest BCUT2D eigenvalue weighted by Crippen LogP contribution is 2.19. The standard InChI is InChI=1S/C13H22N2O/c1-10(2)7-11(3)16-13(8-14)12-5-4-6-15-9-12/h4-6,9-11,13H,7-8,14H2,1-3H3. The monoisotopic (exact) mass is 222 g/mol. The third kappa shape index (κ3) is 4.29. The summed E-state index contributed by atoms with van der Waals surface area (Å²) in [6, 6.07) is 3.92. The van der Waals surface area contributed by atoms with Gasteiger partial charge >= 0.3 is 0 Å². The quantitative estimate of drug-likeness (QED) is 0.804. The lowest BCUT2D eigenvalue weighted by Gasteiger charge is -2.22. The van der Waals surface area contributed by atoms with Crippen LogP contribution in [0.4, 0.5) is 0 Å². The van der Waals surface area contributed by atoms with E-state index in [4.69, 9.17) is 10.5 Å². The maximum Gasteiger partial charge on any atom is 0.0965 e. The van der Waals surface area contributed by atoms with Crippen molar-refractivity contribution in [2.75, 3.05) is 6.54 Å². The predicted molar refractivity (Wildman–Crippen MR) is 66.0 cm³/mol. The molecule has 1 aromatic rings. The molecule has 0 aliphatic carbocycles. The molecule has 3 heteroatoms. The SMILES string of the molecule is CC(C)CC(C)OC(CN)c1cccnc1. The zero-order valence-corrected chi connectivity index (χ0v) is 10.4. The van der Waals surface area contributed by atoms with E-state index in [1.807, 2.05) is 18.3 Å². The van der Waals surface area contributed by atoms with Crippen LogP contribution in [0.3, 0.4) is 0 Å². The summed E-state index contributed by atoms with van der Waals surface area (Å²) in [5, 5.41) is 0. The van der Waals surface area contributed by atoms with Crippen molar-refractivity contribution in [1.82, 2.24) is 4.98 Å². The van der Waals surface area contributed by atoms with Gasteiger partial charge in [-0.1, -0.05) is 19.9 Å². The minimum absolute atomic E-state index is 0.0394. The molecule has 2 N–H and O–H groups in total. The van der Waals surface area contributed by atoms with Gasteiger partial charge in [-0.2, -0.15) is 0 Å². The lowest BCUT2D eigenvalue weighted by Crippen LogP contribution is -2.22. The molecule has 0 amide bonds. The fourth-order valence-electron chi connectivity index (χ4n) is 1.84. The van der Waals surface area contributed by atoms with Crippen molar-refractivity contribution in [3.63, 3.8) is 0 Å². The summed E-state index contributed by atoms with van der Waals surface area (Å²) in [6.45, 7) is 6.98. The van der Waals surface area contributed by atoms with Crippen molar-refractivity contribution in [2.45, 2.75) is 39.4 Å². The van der Waals surface area contributed by atoms with E-state index in [1.165, 1.54) is 0 Å². The molecule has 2 atom stereocenters. The Morgan fingerprint density at radius 3 is 2.62 bits per heavy atom. The highest BCUT2D eigenvalue weighted by Gasteiger charge is 2.14. The second-order valence-corrected chi connectivity index (χ2v) is 4.59. The molecule has 16 heavy (non-hydrogen) atoms. The van der Waals surface area contributed by atoms with Crippen LogP contribution < -0.4 is 5.73 Å². The fourth-order valence-corrected chi connectivity index (χ4v) is 1.84. The summed E-state index contributed by atoms with van der Waals surface area (Å²) in [5.41, 5.74) is 6.79. The average Bonchev–Trinajstić information content (AvgIpc) is 2.26. The van der Waals surface area contributed by atoms with E-state index in [2.05, 4.69) is 25.8 Å². The number of hydrogen-bond donors (Lipinski definition) is 1. The van der Waals surface area contributed by atoms with Gasteiger partial charge in [0.1, 0.15) is 0 Å². The van der Waals surface area contributed by atoms with Crippen molar-refractivity contribution in [3.05, 3.63) is 30.1 Å². The van der Waals surface area contributed by atoms with Crippen LogP contribution in [0.15, 0.2) is 24.5 Å². The fraction of sp³-hybridized carbons (Fsp3) is 0.615. The molecule has 1 rings (SSSR count). The number of pyridine rings is 1. The summed E-state index contributed by atoms with van der Waals surface area (Å²) in [4.78, 5) is 4.09. The van der Waals surface area contributed by atoms with Crippen molar-refractivity contribution in [3.8, 4) is 0 Å². The maximum absolute atomic E-state index is 5.93. The van der Waals surface area contributed by atoms with Crippen LogP contribution in [0.2, 0.25) is 0 Å². The molecule has 0 radical (unpaired) electrons. The van der Waals surface area contributed by atoms with Crippen molar-refractivity contribution in [2.24, 2.45) is 11.7 Å². The highest BCUT2D eigenvalue weighted by atomic mass is 16.5. The van der Waals surface area contributed by atoms with Gasteiger partial charge < -0.3 is 10.5 Å². The predicted octanol–water partition coefficient (Wildman–Crippen LogP) is 2.53. The summed E-state index contributed by atoms with van der Waals surface area (Å²) in [5.74, 6) is 0.641. The Hall–Kier alpha value is -0.930. The van der Waals surface area contributed by atoms with E-state index in [0.717, 1.165) is 12.0 Å². The largest absolute Gasteiger partial charge is 0.369 e. The molecule has 0 aliphatic heterocycles. The van der Waals surface area contributed by atoms with E-state index >= 15 is 0 Å². The van der Waals surface area contributed by atoms with Gasteiger partial charge in [0.25, 0.3) is 0 Å². The Morgan fingerprint density at radius 1 is 1.38 bits per heavy atom. The molecule has 0 saturated heterocycles. The second-order valence-electron chi connectivity index (χ2n) is 4.59. The Morgan fingerprint density at radius 2 is 2.12 bits per heavy atom. The first-order valence-corrected chi connectivity index (χ1v) is 5.89. The van der Waals surface area contributed by atoms with Crippen LogP contribution in [-0.4, -0.2) is 17.6 Å². The lowest BCUT2D eigenvalue weighted by atomic mass is 10.1. The molecule has 0 aliphatic rings. The normalized spacial score (nSPS) is 15.1. The molecule has 0 aromatic carbocycles. The molecule has 0 saturated carbocycles. The lowest BCUT2D eigenvalue weighted by molar-refractivity contribution is -0.00856. The third-order valence-corrected chi connectivity index (χ3v) is 2.47.